The van der Waals surface area contributed by atoms with Crippen molar-refractivity contribution in [2.24, 2.45) is 5.41 Å². The molecule has 0 aromatic rings. The van der Waals surface area contributed by atoms with E-state index in [4.69, 9.17) is 10.2 Å². The molecule has 0 aliphatic rings. The average Bonchev–Trinajstić information content (AvgIpc) is 2.36. The molecule has 0 atom stereocenters. The van der Waals surface area contributed by atoms with Gasteiger partial charge in [-0.05, 0) is 38.5 Å². The van der Waals surface area contributed by atoms with Crippen molar-refractivity contribution in [1.82, 2.24) is 10.2 Å². The number of carbonyl (C=O) groups excluding carboxylic acids is 1. The molecular weight excluding hydrogens is 272 g/mol. The summed E-state index contributed by atoms with van der Waals surface area (Å²) >= 11 is 0. The number of nitrogens with one attached hydrogen (secondary N) is 1. The van der Waals surface area contributed by atoms with E-state index in [1.54, 1.807) is 4.90 Å². The van der Waals surface area contributed by atoms with Crippen LogP contribution >= 0.6 is 0 Å². The number of nitrogens with zero attached hydrogens (tertiary/aromatic N) is 1. The van der Waals surface area contributed by atoms with E-state index in [0.717, 1.165) is 6.42 Å². The lowest BCUT2D eigenvalue weighted by atomic mass is 9.84. The Morgan fingerprint density at radius 3 is 2.33 bits per heavy atom. The fraction of sp³-hybridized carbons (Fsp3) is 0.867. The predicted molar refractivity (Wildman–Crippen MR) is 82.2 cm³/mol. The lowest BCUT2D eigenvalue weighted by Gasteiger charge is -2.28. The molecule has 21 heavy (non-hydrogen) atoms. The van der Waals surface area contributed by atoms with E-state index < -0.39 is 5.97 Å². The molecule has 0 unspecified atom stereocenters. The number of aliphatic hydroxyl groups excluding tert-OH is 1. The average molecular weight is 302 g/mol. The number of carbonyl (C=O) groups is 2. The molecule has 2 amide bonds. The molecule has 0 heterocycles. The van der Waals surface area contributed by atoms with Crippen LogP contribution in [0.3, 0.4) is 0 Å². The quantitative estimate of drug-likeness (QED) is 0.576. The van der Waals surface area contributed by atoms with E-state index in [2.05, 4.69) is 5.32 Å². The van der Waals surface area contributed by atoms with Gasteiger partial charge >= 0.3 is 12.0 Å². The van der Waals surface area contributed by atoms with Crippen molar-refractivity contribution in [3.63, 3.8) is 0 Å². The van der Waals surface area contributed by atoms with E-state index in [0.29, 0.717) is 25.9 Å². The van der Waals surface area contributed by atoms with Crippen LogP contribution in [0.2, 0.25) is 0 Å². The summed E-state index contributed by atoms with van der Waals surface area (Å²) in [6, 6.07) is -0.0518. The molecule has 0 aliphatic heterocycles. The molecule has 0 fully saturated rings. The lowest BCUT2D eigenvalue weighted by Crippen LogP contribution is -2.45. The Hall–Kier alpha value is -1.30. The lowest BCUT2D eigenvalue weighted by molar-refractivity contribution is -0.137. The van der Waals surface area contributed by atoms with Crippen molar-refractivity contribution < 1.29 is 19.8 Å². The summed E-state index contributed by atoms with van der Waals surface area (Å²) in [5.74, 6) is -0.790. The number of rotatable bonds is 10. The Morgan fingerprint density at radius 2 is 1.86 bits per heavy atom. The summed E-state index contributed by atoms with van der Waals surface area (Å²) in [6.07, 6.45) is 2.04. The summed E-state index contributed by atoms with van der Waals surface area (Å²) in [5, 5.41) is 20.4. The number of aliphatic hydroxyl groups is 1. The summed E-state index contributed by atoms with van der Waals surface area (Å²) in [5.41, 5.74) is -0.112. The SMILES string of the molecule is CC(C)N(CCCO)C(=O)NCCC(C)(C)CCC(=O)O. The number of hydrogen-bond donors (Lipinski definition) is 3. The highest BCUT2D eigenvalue weighted by Gasteiger charge is 2.21. The highest BCUT2D eigenvalue weighted by molar-refractivity contribution is 5.74. The zero-order chi connectivity index (χ0) is 16.5. The van der Waals surface area contributed by atoms with Crippen LogP contribution in [0, 0.1) is 5.41 Å². The Bertz CT molecular complexity index is 330. The molecule has 0 rings (SSSR count). The molecular formula is C15H30N2O4. The minimum atomic E-state index is -0.790. The first-order valence-electron chi connectivity index (χ1n) is 7.57. The highest BCUT2D eigenvalue weighted by atomic mass is 16.4. The molecule has 6 nitrogen and oxygen atoms in total. The predicted octanol–water partition coefficient (Wildman–Crippen LogP) is 2.07. The van der Waals surface area contributed by atoms with Crippen molar-refractivity contribution in [3.05, 3.63) is 0 Å². The van der Waals surface area contributed by atoms with Crippen LogP contribution in [-0.4, -0.2) is 52.9 Å². The summed E-state index contributed by atoms with van der Waals surface area (Å²) in [6.45, 7) is 9.01. The van der Waals surface area contributed by atoms with Crippen LogP contribution in [0.25, 0.3) is 0 Å². The topological polar surface area (TPSA) is 89.9 Å². The van der Waals surface area contributed by atoms with Crippen LogP contribution in [-0.2, 0) is 4.79 Å². The summed E-state index contributed by atoms with van der Waals surface area (Å²) < 4.78 is 0. The molecule has 0 aromatic carbocycles. The third-order valence-corrected chi connectivity index (χ3v) is 3.53. The zero-order valence-corrected chi connectivity index (χ0v) is 13.7. The van der Waals surface area contributed by atoms with Crippen molar-refractivity contribution in [2.45, 2.75) is 59.4 Å². The van der Waals surface area contributed by atoms with Gasteiger partial charge in [0.2, 0.25) is 0 Å². The minimum absolute atomic E-state index is 0.0682. The van der Waals surface area contributed by atoms with Crippen LogP contribution in [0.15, 0.2) is 0 Å². The fourth-order valence-corrected chi connectivity index (χ4v) is 2.01. The van der Waals surface area contributed by atoms with Crippen molar-refractivity contribution in [2.75, 3.05) is 19.7 Å². The molecule has 6 heteroatoms. The van der Waals surface area contributed by atoms with Gasteiger partial charge in [0.05, 0.1) is 0 Å². The van der Waals surface area contributed by atoms with Crippen molar-refractivity contribution >= 4 is 12.0 Å². The van der Waals surface area contributed by atoms with Crippen LogP contribution in [0.4, 0.5) is 4.79 Å². The first-order valence-corrected chi connectivity index (χ1v) is 7.57. The number of hydrogen-bond acceptors (Lipinski definition) is 3. The molecule has 0 saturated carbocycles. The van der Waals surface area contributed by atoms with Crippen LogP contribution < -0.4 is 5.32 Å². The maximum Gasteiger partial charge on any atom is 0.317 e. The minimum Gasteiger partial charge on any atom is -0.481 e. The van der Waals surface area contributed by atoms with E-state index in [1.807, 2.05) is 27.7 Å². The highest BCUT2D eigenvalue weighted by Crippen LogP contribution is 2.26. The van der Waals surface area contributed by atoms with Gasteiger partial charge in [-0.15, -0.1) is 0 Å². The Labute approximate surface area is 127 Å². The molecule has 124 valence electrons. The zero-order valence-electron chi connectivity index (χ0n) is 13.7. The molecule has 0 aliphatic carbocycles. The maximum atomic E-state index is 12.1. The first kappa shape index (κ1) is 19.7. The third kappa shape index (κ3) is 9.28. The van der Waals surface area contributed by atoms with Gasteiger partial charge in [0, 0.05) is 32.2 Å². The first-order chi connectivity index (χ1) is 9.69. The monoisotopic (exact) mass is 302 g/mol. The van der Waals surface area contributed by atoms with Gasteiger partial charge in [-0.2, -0.15) is 0 Å². The van der Waals surface area contributed by atoms with Gasteiger partial charge in [0.25, 0.3) is 0 Å². The third-order valence-electron chi connectivity index (χ3n) is 3.53. The van der Waals surface area contributed by atoms with Gasteiger partial charge in [-0.3, -0.25) is 4.79 Å². The molecule has 0 saturated heterocycles. The number of aliphatic carboxylic acids is 1. The summed E-state index contributed by atoms with van der Waals surface area (Å²) in [4.78, 5) is 24.4. The fourth-order valence-electron chi connectivity index (χ4n) is 2.01. The van der Waals surface area contributed by atoms with E-state index >= 15 is 0 Å². The van der Waals surface area contributed by atoms with Crippen molar-refractivity contribution in [3.8, 4) is 0 Å². The molecule has 3 N–H and O–H groups in total. The van der Waals surface area contributed by atoms with Gasteiger partial charge < -0.3 is 20.4 Å². The van der Waals surface area contributed by atoms with E-state index in [1.165, 1.54) is 0 Å². The Kier molecular flexibility index (Phi) is 9.01. The number of carboxylic acid groups (broad SMARTS) is 1. The second kappa shape index (κ2) is 9.60. The second-order valence-corrected chi connectivity index (χ2v) is 6.40. The van der Waals surface area contributed by atoms with Crippen LogP contribution in [0.5, 0.6) is 0 Å². The number of carboxylic acids is 1. The van der Waals surface area contributed by atoms with Gasteiger partial charge in [-0.1, -0.05) is 13.8 Å². The molecule has 0 radical (unpaired) electrons. The summed E-state index contributed by atoms with van der Waals surface area (Å²) in [7, 11) is 0. The Morgan fingerprint density at radius 1 is 1.24 bits per heavy atom. The van der Waals surface area contributed by atoms with E-state index in [-0.39, 0.29) is 30.5 Å². The molecule has 0 aromatic heterocycles. The molecule has 0 spiro atoms. The molecule has 0 bridgehead atoms. The smallest absolute Gasteiger partial charge is 0.317 e. The van der Waals surface area contributed by atoms with Crippen molar-refractivity contribution in [1.29, 1.82) is 0 Å². The van der Waals surface area contributed by atoms with Gasteiger partial charge in [-0.25, -0.2) is 4.79 Å². The van der Waals surface area contributed by atoms with E-state index in [9.17, 15) is 9.59 Å². The van der Waals surface area contributed by atoms with Gasteiger partial charge in [0.15, 0.2) is 0 Å². The standard InChI is InChI=1S/C15H30N2O4/c1-12(2)17(10-5-11-18)14(21)16-9-8-15(3,4)7-6-13(19)20/h12,18H,5-11H2,1-4H3,(H,16,21)(H,19,20). The Balaban J connectivity index is 4.18. The maximum absolute atomic E-state index is 12.1. The van der Waals surface area contributed by atoms with Crippen LogP contribution in [0.1, 0.15) is 53.4 Å². The largest absolute Gasteiger partial charge is 0.481 e. The second-order valence-electron chi connectivity index (χ2n) is 6.40. The number of amides is 2. The van der Waals surface area contributed by atoms with Gasteiger partial charge in [0.1, 0.15) is 0 Å². The normalized spacial score (nSPS) is 11.5. The number of urea groups is 1.